The number of methoxy groups -OCH3 is 1. The number of Topliss-reactive ketones (excluding diaryl/α,β-unsaturated/α-hetero) is 1. The highest BCUT2D eigenvalue weighted by molar-refractivity contribution is 5.78. The molecule has 1 aliphatic carbocycles. The van der Waals surface area contributed by atoms with Crippen LogP contribution >= 0.6 is 0 Å². The van der Waals surface area contributed by atoms with E-state index in [0.29, 0.717) is 11.7 Å². The van der Waals surface area contributed by atoms with Crippen molar-refractivity contribution in [2.75, 3.05) is 21.3 Å². The van der Waals surface area contributed by atoms with Gasteiger partial charge in [-0.2, -0.15) is 0 Å². The van der Waals surface area contributed by atoms with E-state index in [4.69, 9.17) is 5.11 Å². The predicted molar refractivity (Wildman–Crippen MR) is 69.7 cm³/mol. The Bertz CT molecular complexity index is 118. The second kappa shape index (κ2) is 20.1. The van der Waals surface area contributed by atoms with Crippen molar-refractivity contribution >= 4 is 5.78 Å². The Morgan fingerprint density at radius 1 is 1.06 bits per heavy atom. The number of aliphatic hydroxyl groups is 1. The minimum absolute atomic E-state index is 0.398. The summed E-state index contributed by atoms with van der Waals surface area (Å²) in [6.45, 7) is 5.72. The predicted octanol–water partition coefficient (Wildman–Crippen LogP) is 3.05. The summed E-state index contributed by atoms with van der Waals surface area (Å²) in [6.07, 6.45) is 6.17. The van der Waals surface area contributed by atoms with E-state index < -0.39 is 0 Å². The van der Waals surface area contributed by atoms with Crippen molar-refractivity contribution in [3.05, 3.63) is 0 Å². The Morgan fingerprint density at radius 2 is 1.38 bits per heavy atom. The molecule has 1 fully saturated rings. The molecule has 100 valence electrons. The molecular weight excluding hydrogens is 204 g/mol. The second-order valence-electron chi connectivity index (χ2n) is 3.35. The number of carbonyl (C=O) groups excluding carboxylic acids is 1. The number of hydrogen-bond donors (Lipinski definition) is 1. The van der Waals surface area contributed by atoms with Gasteiger partial charge in [-0.1, -0.05) is 33.1 Å². The van der Waals surface area contributed by atoms with E-state index in [1.165, 1.54) is 19.3 Å². The molecule has 0 saturated heterocycles. The fourth-order valence-electron chi connectivity index (χ4n) is 1.51. The molecule has 0 unspecified atom stereocenters. The smallest absolute Gasteiger partial charge is 0.132 e. The van der Waals surface area contributed by atoms with Gasteiger partial charge in [-0.25, -0.2) is 0 Å². The van der Waals surface area contributed by atoms with E-state index in [0.717, 1.165) is 20.0 Å². The van der Waals surface area contributed by atoms with Crippen molar-refractivity contribution in [2.45, 2.75) is 52.9 Å². The zero-order valence-electron chi connectivity index (χ0n) is 11.9. The third kappa shape index (κ3) is 16.0. The van der Waals surface area contributed by atoms with Gasteiger partial charge in [0.25, 0.3) is 0 Å². The average molecular weight is 234 g/mol. The summed E-state index contributed by atoms with van der Waals surface area (Å²) in [5.41, 5.74) is 0. The molecule has 1 saturated carbocycles. The maximum Gasteiger partial charge on any atom is 0.132 e. The first-order chi connectivity index (χ1) is 7.72. The highest BCUT2D eigenvalue weighted by atomic mass is 16.4. The Morgan fingerprint density at radius 3 is 1.56 bits per heavy atom. The molecular formula is C13H30O3. The van der Waals surface area contributed by atoms with Gasteiger partial charge in [0.2, 0.25) is 0 Å². The van der Waals surface area contributed by atoms with Gasteiger partial charge in [0.05, 0.1) is 0 Å². The number of hydrogen-bond acceptors (Lipinski definition) is 3. The summed E-state index contributed by atoms with van der Waals surface area (Å²) < 4.78 is 4.25. The molecule has 1 rings (SSSR count). The van der Waals surface area contributed by atoms with Crippen molar-refractivity contribution in [1.82, 2.24) is 0 Å². The molecule has 1 N–H and O–H groups in total. The Hall–Kier alpha value is -0.410. The number of ketones is 1. The van der Waals surface area contributed by atoms with Gasteiger partial charge >= 0.3 is 0 Å². The molecule has 0 aromatic carbocycles. The first-order valence-corrected chi connectivity index (χ1v) is 6.07. The Labute approximate surface area is 101 Å². The van der Waals surface area contributed by atoms with Crippen LogP contribution in [0.25, 0.3) is 0 Å². The standard InChI is InChI=1S/C8H14O.C2H6O.C2H6.CH4O/c1-7(9)8-5-3-2-4-6-8;1-3-2;2*1-2/h8H,2-6H2,1H3;1-2H3;1-2H3;2H,1H3. The molecule has 0 aromatic rings. The van der Waals surface area contributed by atoms with Gasteiger partial charge < -0.3 is 9.84 Å². The Kier molecular flexibility index (Phi) is 26.2. The second-order valence-corrected chi connectivity index (χ2v) is 3.35. The average Bonchev–Trinajstić information content (AvgIpc) is 2.36. The van der Waals surface area contributed by atoms with Crippen LogP contribution in [0.4, 0.5) is 0 Å². The summed E-state index contributed by atoms with van der Waals surface area (Å²) in [6, 6.07) is 0. The van der Waals surface area contributed by atoms with E-state index in [2.05, 4.69) is 4.74 Å². The van der Waals surface area contributed by atoms with Crippen LogP contribution < -0.4 is 0 Å². The van der Waals surface area contributed by atoms with E-state index in [1.54, 1.807) is 21.1 Å². The quantitative estimate of drug-likeness (QED) is 0.758. The van der Waals surface area contributed by atoms with Crippen LogP contribution in [0.2, 0.25) is 0 Å². The van der Waals surface area contributed by atoms with Crippen molar-refractivity contribution in [3.63, 3.8) is 0 Å². The molecule has 3 heteroatoms. The van der Waals surface area contributed by atoms with Crippen molar-refractivity contribution in [2.24, 2.45) is 5.92 Å². The minimum Gasteiger partial charge on any atom is -0.400 e. The molecule has 0 bridgehead atoms. The number of ether oxygens (including phenoxy) is 1. The van der Waals surface area contributed by atoms with Gasteiger partial charge in [0.15, 0.2) is 0 Å². The largest absolute Gasteiger partial charge is 0.400 e. The molecule has 0 radical (unpaired) electrons. The minimum atomic E-state index is 0.398. The van der Waals surface area contributed by atoms with E-state index in [9.17, 15) is 4.79 Å². The van der Waals surface area contributed by atoms with E-state index >= 15 is 0 Å². The van der Waals surface area contributed by atoms with Crippen LogP contribution in [-0.4, -0.2) is 32.2 Å². The zero-order valence-corrected chi connectivity index (χ0v) is 11.9. The molecule has 0 atom stereocenters. The zero-order chi connectivity index (χ0) is 13.4. The Balaban J connectivity index is -0.000000206. The first kappa shape index (κ1) is 20.9. The summed E-state index contributed by atoms with van der Waals surface area (Å²) in [5, 5.41) is 7.00. The maximum atomic E-state index is 10.8. The van der Waals surface area contributed by atoms with Gasteiger partial charge in [-0.05, 0) is 19.8 Å². The normalized spacial score (nSPS) is 14.2. The van der Waals surface area contributed by atoms with Gasteiger partial charge in [0, 0.05) is 27.2 Å². The summed E-state index contributed by atoms with van der Waals surface area (Å²) in [7, 11) is 4.25. The van der Waals surface area contributed by atoms with Crippen molar-refractivity contribution in [1.29, 1.82) is 0 Å². The lowest BCUT2D eigenvalue weighted by Gasteiger charge is -2.17. The van der Waals surface area contributed by atoms with E-state index in [1.807, 2.05) is 13.8 Å². The molecule has 0 heterocycles. The van der Waals surface area contributed by atoms with Crippen molar-refractivity contribution < 1.29 is 14.6 Å². The molecule has 16 heavy (non-hydrogen) atoms. The van der Waals surface area contributed by atoms with Gasteiger partial charge in [0.1, 0.15) is 5.78 Å². The van der Waals surface area contributed by atoms with Crippen LogP contribution in [0.1, 0.15) is 52.9 Å². The summed E-state index contributed by atoms with van der Waals surface area (Å²) in [4.78, 5) is 10.8. The fourth-order valence-corrected chi connectivity index (χ4v) is 1.51. The monoisotopic (exact) mass is 234 g/mol. The van der Waals surface area contributed by atoms with Gasteiger partial charge in [-0.3, -0.25) is 4.79 Å². The highest BCUT2D eigenvalue weighted by Crippen LogP contribution is 2.23. The molecule has 3 nitrogen and oxygen atoms in total. The lowest BCUT2D eigenvalue weighted by molar-refractivity contribution is -0.121. The van der Waals surface area contributed by atoms with Crippen LogP contribution in [-0.2, 0) is 9.53 Å². The van der Waals surface area contributed by atoms with Crippen LogP contribution in [0.5, 0.6) is 0 Å². The molecule has 1 aliphatic rings. The lowest BCUT2D eigenvalue weighted by Crippen LogP contribution is -2.13. The SMILES string of the molecule is CC.CC(=O)C1CCCCC1.CO.COC. The third-order valence-corrected chi connectivity index (χ3v) is 2.18. The molecule has 0 aromatic heterocycles. The number of rotatable bonds is 1. The topological polar surface area (TPSA) is 46.5 Å². The molecule has 0 amide bonds. The highest BCUT2D eigenvalue weighted by Gasteiger charge is 2.16. The third-order valence-electron chi connectivity index (χ3n) is 2.18. The number of carbonyl (C=O) groups is 1. The summed E-state index contributed by atoms with van der Waals surface area (Å²) in [5.74, 6) is 0.813. The van der Waals surface area contributed by atoms with E-state index in [-0.39, 0.29) is 0 Å². The van der Waals surface area contributed by atoms with Crippen LogP contribution in [0, 0.1) is 5.92 Å². The van der Waals surface area contributed by atoms with Crippen molar-refractivity contribution in [3.8, 4) is 0 Å². The summed E-state index contributed by atoms with van der Waals surface area (Å²) >= 11 is 0. The van der Waals surface area contributed by atoms with Crippen LogP contribution in [0.15, 0.2) is 0 Å². The maximum absolute atomic E-state index is 10.8. The van der Waals surface area contributed by atoms with Crippen LogP contribution in [0.3, 0.4) is 0 Å². The van der Waals surface area contributed by atoms with Gasteiger partial charge in [-0.15, -0.1) is 0 Å². The fraction of sp³-hybridized carbons (Fsp3) is 0.923. The lowest BCUT2D eigenvalue weighted by atomic mass is 9.87. The first-order valence-electron chi connectivity index (χ1n) is 6.07. The molecule has 0 aliphatic heterocycles. The molecule has 0 spiro atoms. The number of aliphatic hydroxyl groups excluding tert-OH is 1.